The number of hydrogen-bond donors (Lipinski definition) is 1. The van der Waals surface area contributed by atoms with E-state index in [2.05, 4.69) is 7.58 Å². The average Bonchev–Trinajstić information content (AvgIpc) is 1.66. The number of carboxylic acids is 1. The van der Waals surface area contributed by atoms with Gasteiger partial charge >= 0.3 is 15.9 Å². The Balaban J connectivity index is 0. The standard InChI is InChI=1S/C2H4O2.2CH3O.Al/c1-2(3)4;2*1-2;/h1H3,(H,3,4);2*1H3;/q;2*-1;+2. The van der Waals surface area contributed by atoms with Crippen LogP contribution in [0.15, 0.2) is 0 Å². The number of hydrogen-bond acceptors (Lipinski definition) is 3. The lowest BCUT2D eigenvalue weighted by molar-refractivity contribution is -0.134. The smallest absolute Gasteiger partial charge is 0.486 e. The maximum Gasteiger partial charge on any atom is 0.667 e. The van der Waals surface area contributed by atoms with Crippen LogP contribution >= 0.6 is 0 Å². The minimum atomic E-state index is -0.833. The molecule has 0 unspecified atom stereocenters. The highest BCUT2D eigenvalue weighted by atomic mass is 27.2. The molecule has 5 heteroatoms. The molecule has 1 N–H and O–H groups in total. The highest BCUT2D eigenvalue weighted by Gasteiger charge is 1.81. The number of carboxylic acid groups (broad SMARTS) is 1. The van der Waals surface area contributed by atoms with Gasteiger partial charge in [-0.05, 0) is 0 Å². The number of rotatable bonds is 2. The van der Waals surface area contributed by atoms with Gasteiger partial charge in [0.2, 0.25) is 0 Å². The molecule has 0 aliphatic heterocycles. The van der Waals surface area contributed by atoms with Gasteiger partial charge in [-0.2, -0.15) is 0 Å². The molecule has 0 heterocycles. The second-order valence-corrected chi connectivity index (χ2v) is 2.22. The van der Waals surface area contributed by atoms with Gasteiger partial charge in [0.1, 0.15) is 0 Å². The van der Waals surface area contributed by atoms with Crippen LogP contribution < -0.4 is 0 Å². The van der Waals surface area contributed by atoms with Crippen molar-refractivity contribution in [1.29, 1.82) is 0 Å². The molecule has 0 aromatic carbocycles. The number of aliphatic carboxylic acids is 1. The molecule has 0 spiro atoms. The van der Waals surface area contributed by atoms with Crippen LogP contribution in [0.1, 0.15) is 6.92 Å². The van der Waals surface area contributed by atoms with Crippen LogP contribution in [0, 0.1) is 0 Å². The zero-order chi connectivity index (χ0) is 7.70. The molecule has 0 aromatic rings. The molecule has 53 valence electrons. The van der Waals surface area contributed by atoms with Crippen molar-refractivity contribution in [3.8, 4) is 0 Å². The van der Waals surface area contributed by atoms with Crippen LogP contribution in [0.3, 0.4) is 0 Å². The fourth-order valence-corrected chi connectivity index (χ4v) is 0.289. The fraction of sp³-hybridized carbons (Fsp3) is 0.750. The average molecular weight is 149 g/mol. The summed E-state index contributed by atoms with van der Waals surface area (Å²) in [4.78, 5) is 9.00. The van der Waals surface area contributed by atoms with E-state index >= 15 is 0 Å². The van der Waals surface area contributed by atoms with E-state index in [1.165, 1.54) is 0 Å². The predicted molar refractivity (Wildman–Crippen MR) is 33.1 cm³/mol. The van der Waals surface area contributed by atoms with Crippen molar-refractivity contribution in [3.63, 3.8) is 0 Å². The van der Waals surface area contributed by atoms with Gasteiger partial charge in [0, 0.05) is 21.1 Å². The van der Waals surface area contributed by atoms with Gasteiger partial charge in [-0.25, -0.2) is 0 Å². The molecule has 0 aliphatic carbocycles. The van der Waals surface area contributed by atoms with Crippen molar-refractivity contribution in [1.82, 2.24) is 0 Å². The molecule has 0 atom stereocenters. The summed E-state index contributed by atoms with van der Waals surface area (Å²) in [6, 6.07) is 0. The fourth-order valence-electron chi connectivity index (χ4n) is 0.0962. The van der Waals surface area contributed by atoms with Crippen molar-refractivity contribution >= 4 is 21.9 Å². The second-order valence-electron chi connectivity index (χ2n) is 1.09. The zero-order valence-electron chi connectivity index (χ0n) is 5.75. The molecule has 0 saturated heterocycles. The lowest BCUT2D eigenvalue weighted by Gasteiger charge is -1.83. The Morgan fingerprint density at radius 3 is 1.67 bits per heavy atom. The monoisotopic (exact) mass is 149 g/mol. The minimum Gasteiger partial charge on any atom is -0.486 e. The van der Waals surface area contributed by atoms with Crippen molar-refractivity contribution < 1.29 is 17.5 Å². The first kappa shape index (κ1) is 11.7. The van der Waals surface area contributed by atoms with Gasteiger partial charge < -0.3 is 12.7 Å². The molecule has 0 bridgehead atoms. The topological polar surface area (TPSA) is 55.8 Å². The SMILES string of the molecule is CC(=O)O.C[O][Al][O]C. The first-order valence-corrected chi connectivity index (χ1v) is 3.16. The normalized spacial score (nSPS) is 7.00. The Kier molecular flexibility index (Phi) is 14.1. The molecule has 9 heavy (non-hydrogen) atoms. The molecule has 0 saturated carbocycles. The van der Waals surface area contributed by atoms with Gasteiger partial charge in [-0.15, -0.1) is 0 Å². The Hall–Kier alpha value is -0.0775. The first-order valence-electron chi connectivity index (χ1n) is 2.22. The minimum absolute atomic E-state index is 0.185. The van der Waals surface area contributed by atoms with E-state index in [0.29, 0.717) is 0 Å². The predicted octanol–water partition coefficient (Wildman–Crippen LogP) is -0.0957. The molecule has 0 aliphatic rings. The third kappa shape index (κ3) is 75.2. The zero-order valence-corrected chi connectivity index (χ0v) is 6.90. The third-order valence-corrected chi connectivity index (χ3v) is 0.577. The molecule has 0 amide bonds. The second kappa shape index (κ2) is 10.8. The van der Waals surface area contributed by atoms with Crippen LogP contribution in [0.25, 0.3) is 0 Å². The van der Waals surface area contributed by atoms with Gasteiger partial charge in [0.15, 0.2) is 0 Å². The van der Waals surface area contributed by atoms with Crippen LogP contribution in [-0.4, -0.2) is 41.2 Å². The summed E-state index contributed by atoms with van der Waals surface area (Å²) in [5, 5.41) is 7.42. The van der Waals surface area contributed by atoms with E-state index in [0.717, 1.165) is 6.92 Å². The Labute approximate surface area is 61.2 Å². The van der Waals surface area contributed by atoms with Gasteiger partial charge in [0.25, 0.3) is 5.97 Å². The van der Waals surface area contributed by atoms with E-state index in [-0.39, 0.29) is 15.9 Å². The quantitative estimate of drug-likeness (QED) is 0.557. The van der Waals surface area contributed by atoms with Crippen molar-refractivity contribution in [3.05, 3.63) is 0 Å². The Bertz CT molecular complexity index is 59.6. The summed E-state index contributed by atoms with van der Waals surface area (Å²) in [6.07, 6.45) is 0. The lowest BCUT2D eigenvalue weighted by Crippen LogP contribution is -1.93. The van der Waals surface area contributed by atoms with E-state index in [9.17, 15) is 0 Å². The maximum absolute atomic E-state index is 9.00. The summed E-state index contributed by atoms with van der Waals surface area (Å²) >= 11 is -0.185. The lowest BCUT2D eigenvalue weighted by atomic mass is 10.9. The highest BCUT2D eigenvalue weighted by molar-refractivity contribution is 6.17. The van der Waals surface area contributed by atoms with Crippen molar-refractivity contribution in [2.75, 3.05) is 14.2 Å². The molecule has 0 rings (SSSR count). The van der Waals surface area contributed by atoms with Crippen LogP contribution in [0.4, 0.5) is 0 Å². The van der Waals surface area contributed by atoms with Crippen LogP contribution in [0.2, 0.25) is 0 Å². The Morgan fingerprint density at radius 2 is 1.67 bits per heavy atom. The van der Waals surface area contributed by atoms with E-state index in [1.54, 1.807) is 14.2 Å². The summed E-state index contributed by atoms with van der Waals surface area (Å²) in [5.41, 5.74) is 0. The van der Waals surface area contributed by atoms with E-state index < -0.39 is 5.97 Å². The van der Waals surface area contributed by atoms with Crippen molar-refractivity contribution in [2.45, 2.75) is 6.92 Å². The van der Waals surface area contributed by atoms with Crippen LogP contribution in [0.5, 0.6) is 0 Å². The van der Waals surface area contributed by atoms with Gasteiger partial charge in [-0.1, -0.05) is 0 Å². The number of carbonyl (C=O) groups is 1. The van der Waals surface area contributed by atoms with E-state index in [4.69, 9.17) is 9.90 Å². The maximum atomic E-state index is 9.00. The third-order valence-electron chi connectivity index (χ3n) is 0.192. The largest absolute Gasteiger partial charge is 0.667 e. The summed E-state index contributed by atoms with van der Waals surface area (Å²) in [7, 11) is 3.25. The van der Waals surface area contributed by atoms with Crippen molar-refractivity contribution in [2.24, 2.45) is 0 Å². The van der Waals surface area contributed by atoms with Crippen LogP contribution in [-0.2, 0) is 12.4 Å². The van der Waals surface area contributed by atoms with E-state index in [1.807, 2.05) is 0 Å². The Morgan fingerprint density at radius 1 is 1.44 bits per heavy atom. The summed E-state index contributed by atoms with van der Waals surface area (Å²) in [6.45, 7) is 1.08. The summed E-state index contributed by atoms with van der Waals surface area (Å²) < 4.78 is 9.10. The highest BCUT2D eigenvalue weighted by Crippen LogP contribution is 1.55. The first-order chi connectivity index (χ1) is 4.15. The molecule has 0 aromatic heterocycles. The summed E-state index contributed by atoms with van der Waals surface area (Å²) in [5.74, 6) is -0.833. The molecular formula is C4H10AlO4. The molecule has 4 nitrogen and oxygen atoms in total. The molecule has 0 fully saturated rings. The molecule has 1 radical (unpaired) electrons. The van der Waals surface area contributed by atoms with Gasteiger partial charge in [-0.3, -0.25) is 4.79 Å². The van der Waals surface area contributed by atoms with Gasteiger partial charge in [0.05, 0.1) is 0 Å². The molecular weight excluding hydrogens is 139 g/mol.